The number of aryl methyl sites for hydroxylation is 1. The van der Waals surface area contributed by atoms with Gasteiger partial charge in [0, 0.05) is 105 Å². The van der Waals surface area contributed by atoms with Crippen LogP contribution in [-0.2, 0) is 42.6 Å². The van der Waals surface area contributed by atoms with Crippen molar-refractivity contribution in [3.8, 4) is 22.6 Å². The number of pyridine rings is 1. The van der Waals surface area contributed by atoms with Gasteiger partial charge in [0.25, 0.3) is 17.9 Å². The molecule has 1 unspecified atom stereocenters. The van der Waals surface area contributed by atoms with E-state index in [1.165, 1.54) is 11.1 Å². The molecule has 332 valence electrons. The molecular weight excluding hydrogens is 803 g/mol. The fraction of sp³-hybridized carbons (Fsp3) is 0.533. The molecule has 1 atom stereocenters. The average Bonchev–Trinajstić information content (AvgIpc) is 3.62. The summed E-state index contributed by atoms with van der Waals surface area (Å²) in [7, 11) is 3.12. The predicted octanol–water partition coefficient (Wildman–Crippen LogP) is 3.59. The fourth-order valence-corrected chi connectivity index (χ4v) is 9.66. The summed E-state index contributed by atoms with van der Waals surface area (Å²) in [6, 6.07) is 8.20. The normalized spacial score (nSPS) is 21.0. The maximum atomic E-state index is 13.5. The molecule has 0 aliphatic carbocycles. The third-order valence-corrected chi connectivity index (χ3v) is 13.2. The lowest BCUT2D eigenvalue weighted by Gasteiger charge is -2.37. The highest BCUT2D eigenvalue weighted by Gasteiger charge is 2.39. The molecule has 2 aromatic carbocycles. The summed E-state index contributed by atoms with van der Waals surface area (Å²) >= 11 is 0. The van der Waals surface area contributed by atoms with Crippen LogP contribution < -0.4 is 30.6 Å². The van der Waals surface area contributed by atoms with Crippen molar-refractivity contribution < 1.29 is 41.5 Å². The second-order valence-electron chi connectivity index (χ2n) is 16.9. The van der Waals surface area contributed by atoms with E-state index in [0.29, 0.717) is 63.7 Å². The van der Waals surface area contributed by atoms with Gasteiger partial charge in [-0.25, -0.2) is 13.6 Å². The zero-order valence-electron chi connectivity index (χ0n) is 38.2. The van der Waals surface area contributed by atoms with Crippen LogP contribution in [0.3, 0.4) is 0 Å². The molecule has 0 bridgehead atoms. The largest absolute Gasteiger partial charge is 0.496 e. The number of nitrogens with one attached hydrogen (secondary N) is 2. The number of nitrogens with zero attached hydrogens (tertiary/aromatic N) is 6. The second-order valence-corrected chi connectivity index (χ2v) is 16.9. The van der Waals surface area contributed by atoms with E-state index in [-0.39, 0.29) is 43.3 Å². The molecule has 5 aliphatic rings. The number of rotatable bonds is 12. The number of ether oxygens (including phenoxy) is 2. The topological polar surface area (TPSA) is 149 Å². The van der Waals surface area contributed by atoms with E-state index >= 15 is 0 Å². The van der Waals surface area contributed by atoms with Gasteiger partial charge in [0.05, 0.1) is 32.9 Å². The molecule has 62 heavy (non-hydrogen) atoms. The Bertz CT molecular complexity index is 2360. The van der Waals surface area contributed by atoms with Crippen LogP contribution in [0.4, 0.5) is 19.3 Å². The number of imide groups is 1. The summed E-state index contributed by atoms with van der Waals surface area (Å²) in [5.74, 6) is 0.826. The van der Waals surface area contributed by atoms with Crippen LogP contribution in [0.15, 0.2) is 41.3 Å². The molecule has 0 spiro atoms. The van der Waals surface area contributed by atoms with Gasteiger partial charge in [-0.2, -0.15) is 0 Å². The highest BCUT2D eigenvalue weighted by molar-refractivity contribution is 6.05. The lowest BCUT2D eigenvalue weighted by Crippen LogP contribution is -2.52. The number of hydrogen-bond acceptors (Lipinski definition) is 10. The predicted molar refractivity (Wildman–Crippen MR) is 227 cm³/mol. The van der Waals surface area contributed by atoms with E-state index in [1.54, 1.807) is 19.1 Å². The van der Waals surface area contributed by atoms with E-state index in [4.69, 9.17) is 13.6 Å². The Hall–Kier alpha value is -5.55. The number of piperazine rings is 1. The molecule has 3 saturated heterocycles. The van der Waals surface area contributed by atoms with Gasteiger partial charge in [-0.15, -0.1) is 0 Å². The average molecular weight is 862 g/mol. The maximum absolute atomic E-state index is 13.5. The van der Waals surface area contributed by atoms with Crippen molar-refractivity contribution in [3.05, 3.63) is 74.7 Å². The number of fused-ring (bicyclic) bond motifs is 2. The van der Waals surface area contributed by atoms with Gasteiger partial charge < -0.3 is 39.0 Å². The van der Waals surface area contributed by atoms with Gasteiger partial charge in [-0.3, -0.25) is 29.4 Å². The molecule has 15 nitrogen and oxygen atoms in total. The summed E-state index contributed by atoms with van der Waals surface area (Å²) in [4.78, 5) is 73.6. The number of hydrogen-bond donors (Lipinski definition) is 2. The van der Waals surface area contributed by atoms with Crippen molar-refractivity contribution in [2.24, 2.45) is 12.9 Å². The smallest absolute Gasteiger partial charge is 0.317 e. The van der Waals surface area contributed by atoms with Crippen molar-refractivity contribution in [1.82, 2.24) is 34.8 Å². The molecule has 5 amide bonds. The molecule has 2 N–H and O–H groups in total. The number of alkyl halides is 2. The van der Waals surface area contributed by atoms with Crippen LogP contribution in [0, 0.1) is 5.92 Å². The third-order valence-electron chi connectivity index (χ3n) is 13.2. The molecule has 3 aromatic rings. The summed E-state index contributed by atoms with van der Waals surface area (Å²) in [6.07, 6.45) is 2.61. The maximum Gasteiger partial charge on any atom is 0.317 e. The quantitative estimate of drug-likeness (QED) is 0.259. The summed E-state index contributed by atoms with van der Waals surface area (Å²) in [5, 5.41) is 4.53. The Morgan fingerprint density at radius 1 is 0.887 bits per heavy atom. The number of benzene rings is 2. The first-order chi connectivity index (χ1) is 31.1. The zero-order valence-corrected chi connectivity index (χ0v) is 35.2. The van der Waals surface area contributed by atoms with E-state index < -0.39 is 43.5 Å². The van der Waals surface area contributed by atoms with E-state index in [9.17, 15) is 32.8 Å². The van der Waals surface area contributed by atoms with Gasteiger partial charge >= 0.3 is 6.03 Å². The van der Waals surface area contributed by atoms with Crippen LogP contribution in [-0.4, -0.2) is 134 Å². The molecule has 6 heterocycles. The van der Waals surface area contributed by atoms with Gasteiger partial charge in [-0.1, -0.05) is 0 Å². The zero-order chi connectivity index (χ0) is 46.2. The SMILES string of the molecule is [2H]C([2H])([2H])n1cc(-c2cc(OC)c(CN3CCN(CCC4CCN(c5ccc6c(c5)CN(C5CCC(=O)NC5=O)C6=O)CC4)CC3)c(OC)c2)c2c(c1=O)CN(C(=O)NCC(F)F)CC2. The number of urea groups is 1. The number of carbonyl (C=O) groups is 4. The van der Waals surface area contributed by atoms with Gasteiger partial charge in [-0.05, 0) is 91.6 Å². The highest BCUT2D eigenvalue weighted by atomic mass is 19.3. The van der Waals surface area contributed by atoms with Gasteiger partial charge in [0.2, 0.25) is 11.8 Å². The number of piperidine rings is 2. The number of aromatic nitrogens is 1. The standard InChI is InChI=1S/C45H56F2N8O7/c1-50-25-34(33-11-15-54(27-35(33)43(50)58)45(60)48-23-40(46)47)29-21-38(61-2)36(39(22-29)62-3)26-52-18-16-51(17-19-52)12-8-28-9-13-53(14-10-28)31-4-5-32-30(20-31)24-55(44(32)59)37-6-7-41(56)49-42(37)57/h4-5,20-22,25,28,37,40H,6-19,23-24,26-27H2,1-3H3,(H,48,60)(H,49,56,57)/i1D3. The molecular formula is C45H56F2N8O7. The minimum absolute atomic E-state index is 0.111. The first-order valence-corrected chi connectivity index (χ1v) is 21.4. The molecule has 0 saturated carbocycles. The molecule has 0 radical (unpaired) electrons. The van der Waals surface area contributed by atoms with Crippen molar-refractivity contribution in [2.75, 3.05) is 78.0 Å². The lowest BCUT2D eigenvalue weighted by atomic mass is 9.91. The van der Waals surface area contributed by atoms with Crippen molar-refractivity contribution in [1.29, 1.82) is 0 Å². The number of halogens is 2. The third kappa shape index (κ3) is 9.00. The number of amides is 5. The number of anilines is 1. The minimum Gasteiger partial charge on any atom is -0.496 e. The van der Waals surface area contributed by atoms with Crippen LogP contribution in [0.2, 0.25) is 0 Å². The molecule has 8 rings (SSSR count). The van der Waals surface area contributed by atoms with E-state index in [1.807, 2.05) is 24.3 Å². The van der Waals surface area contributed by atoms with Crippen LogP contribution in [0.1, 0.15) is 68.8 Å². The van der Waals surface area contributed by atoms with Gasteiger partial charge in [0.1, 0.15) is 17.5 Å². The first-order valence-electron chi connectivity index (χ1n) is 22.9. The van der Waals surface area contributed by atoms with E-state index in [2.05, 4.69) is 31.4 Å². The first kappa shape index (κ1) is 39.3. The molecule has 3 fully saturated rings. The monoisotopic (exact) mass is 861 g/mol. The van der Waals surface area contributed by atoms with Crippen LogP contribution in [0.5, 0.6) is 11.5 Å². The van der Waals surface area contributed by atoms with Gasteiger partial charge in [0.15, 0.2) is 0 Å². The summed E-state index contributed by atoms with van der Waals surface area (Å²) in [6.45, 7) is 3.53. The number of methoxy groups -OCH3 is 2. The second kappa shape index (κ2) is 18.4. The number of carbonyl (C=O) groups excluding carboxylic acids is 4. The Morgan fingerprint density at radius 2 is 1.61 bits per heavy atom. The van der Waals surface area contributed by atoms with Crippen molar-refractivity contribution in [2.45, 2.75) is 70.6 Å². The highest BCUT2D eigenvalue weighted by Crippen LogP contribution is 2.39. The summed E-state index contributed by atoms with van der Waals surface area (Å²) < 4.78 is 62.4. The van der Waals surface area contributed by atoms with Crippen molar-refractivity contribution >= 4 is 29.4 Å². The van der Waals surface area contributed by atoms with Crippen LogP contribution >= 0.6 is 0 Å². The molecule has 17 heteroatoms. The fourth-order valence-electron chi connectivity index (χ4n) is 9.66. The Labute approximate surface area is 364 Å². The summed E-state index contributed by atoms with van der Waals surface area (Å²) in [5.41, 5.74) is 4.43. The Kier molecular flexibility index (Phi) is 11.7. The Morgan fingerprint density at radius 3 is 2.29 bits per heavy atom. The Balaban J connectivity index is 0.857. The minimum atomic E-state index is -2.82. The van der Waals surface area contributed by atoms with Crippen molar-refractivity contribution in [3.63, 3.8) is 0 Å². The molecule has 5 aliphatic heterocycles. The lowest BCUT2D eigenvalue weighted by molar-refractivity contribution is -0.136. The van der Waals surface area contributed by atoms with Crippen LogP contribution in [0.25, 0.3) is 11.1 Å². The van der Waals surface area contributed by atoms with E-state index in [0.717, 1.165) is 81.9 Å². The molecule has 1 aromatic heterocycles.